The normalized spacial score (nSPS) is 12.3. The van der Waals surface area contributed by atoms with Crippen LogP contribution in [-0.4, -0.2) is 40.0 Å². The Labute approximate surface area is 81.8 Å². The fourth-order valence-corrected chi connectivity index (χ4v) is 0.421. The summed E-state index contributed by atoms with van der Waals surface area (Å²) in [7, 11) is 0. The van der Waals surface area contributed by atoms with Gasteiger partial charge in [0, 0.05) is 5.41 Å². The predicted octanol–water partition coefficient (Wildman–Crippen LogP) is -1.71. The molecule has 84 valence electrons. The molecule has 1 atom stereocenters. The van der Waals surface area contributed by atoms with Crippen LogP contribution in [0.4, 0.5) is 0 Å². The van der Waals surface area contributed by atoms with E-state index in [2.05, 4.69) is 11.5 Å². The number of guanidine groups is 1. The lowest BCUT2D eigenvalue weighted by Crippen LogP contribution is -2.38. The number of carboxylic acid groups (broad SMARTS) is 1. The standard InChI is InChI=1S/C6H12O4.CH5N3/c1-6(2,3-7)4(8)5(9)10;2-1(3)4/h4,7-8H,3H2,1-2H3,(H,9,10);(H5,2,3,4). The number of carbonyl (C=O) groups is 1. The molecule has 0 aromatic carbocycles. The minimum absolute atomic E-state index is 0.333. The quantitative estimate of drug-likeness (QED) is 0.239. The number of aliphatic hydroxyl groups excluding tert-OH is 2. The molecule has 0 aliphatic carbocycles. The highest BCUT2D eigenvalue weighted by atomic mass is 16.4. The van der Waals surface area contributed by atoms with Crippen molar-refractivity contribution < 1.29 is 20.1 Å². The van der Waals surface area contributed by atoms with Crippen LogP contribution >= 0.6 is 0 Å². The van der Waals surface area contributed by atoms with Crippen LogP contribution in [0.2, 0.25) is 0 Å². The van der Waals surface area contributed by atoms with Gasteiger partial charge in [0.15, 0.2) is 12.1 Å². The molecule has 0 rings (SSSR count). The van der Waals surface area contributed by atoms with Gasteiger partial charge in [0.25, 0.3) is 0 Å². The van der Waals surface area contributed by atoms with Gasteiger partial charge in [-0.15, -0.1) is 0 Å². The molecule has 0 aromatic rings. The lowest BCUT2D eigenvalue weighted by molar-refractivity contribution is -0.154. The molecule has 0 aromatic heterocycles. The van der Waals surface area contributed by atoms with E-state index >= 15 is 0 Å². The van der Waals surface area contributed by atoms with E-state index in [0.29, 0.717) is 0 Å². The maximum Gasteiger partial charge on any atom is 0.333 e. The maximum atomic E-state index is 10.1. The first-order chi connectivity index (χ1) is 6.15. The number of hydrogen-bond donors (Lipinski definition) is 6. The molecule has 0 saturated carbocycles. The van der Waals surface area contributed by atoms with E-state index < -0.39 is 17.5 Å². The molecular weight excluding hydrogens is 190 g/mol. The Balaban J connectivity index is 0. The zero-order valence-electron chi connectivity index (χ0n) is 8.19. The lowest BCUT2D eigenvalue weighted by Gasteiger charge is -2.24. The SMILES string of the molecule is CC(C)(CO)C(O)C(=O)O.N=C(N)N. The van der Waals surface area contributed by atoms with E-state index in [4.69, 9.17) is 20.7 Å². The maximum absolute atomic E-state index is 10.1. The molecule has 14 heavy (non-hydrogen) atoms. The van der Waals surface area contributed by atoms with Gasteiger partial charge < -0.3 is 26.8 Å². The lowest BCUT2D eigenvalue weighted by atomic mass is 9.88. The molecule has 0 spiro atoms. The number of hydrogen-bond acceptors (Lipinski definition) is 4. The first kappa shape index (κ1) is 15.1. The van der Waals surface area contributed by atoms with E-state index in [-0.39, 0.29) is 12.6 Å². The average Bonchev–Trinajstić information content (AvgIpc) is 2.02. The van der Waals surface area contributed by atoms with Crippen LogP contribution < -0.4 is 11.5 Å². The molecule has 0 saturated heterocycles. The van der Waals surface area contributed by atoms with Gasteiger partial charge in [-0.2, -0.15) is 0 Å². The summed E-state index contributed by atoms with van der Waals surface area (Å²) in [5, 5.41) is 31.8. The third-order valence-electron chi connectivity index (χ3n) is 1.38. The van der Waals surface area contributed by atoms with E-state index in [9.17, 15) is 4.79 Å². The Morgan fingerprint density at radius 1 is 1.50 bits per heavy atom. The molecule has 1 unspecified atom stereocenters. The molecule has 0 fully saturated rings. The van der Waals surface area contributed by atoms with Crippen molar-refractivity contribution in [2.24, 2.45) is 16.9 Å². The third-order valence-corrected chi connectivity index (χ3v) is 1.38. The summed E-state index contributed by atoms with van der Waals surface area (Å²) < 4.78 is 0. The predicted molar refractivity (Wildman–Crippen MR) is 50.6 cm³/mol. The molecule has 0 bridgehead atoms. The highest BCUT2D eigenvalue weighted by molar-refractivity contribution is 5.73. The van der Waals surface area contributed by atoms with Crippen molar-refractivity contribution in [2.75, 3.05) is 6.61 Å². The minimum Gasteiger partial charge on any atom is -0.479 e. The Kier molecular flexibility index (Phi) is 6.67. The molecule has 7 nitrogen and oxygen atoms in total. The monoisotopic (exact) mass is 207 g/mol. The zero-order valence-corrected chi connectivity index (χ0v) is 8.19. The molecule has 0 heterocycles. The second-order valence-electron chi connectivity index (χ2n) is 3.34. The highest BCUT2D eigenvalue weighted by Crippen LogP contribution is 2.19. The first-order valence-electron chi connectivity index (χ1n) is 3.76. The Bertz CT molecular complexity index is 201. The number of aliphatic hydroxyl groups is 2. The number of rotatable bonds is 3. The second-order valence-corrected chi connectivity index (χ2v) is 3.34. The van der Waals surface area contributed by atoms with Crippen molar-refractivity contribution in [1.29, 1.82) is 5.41 Å². The molecule has 0 aliphatic heterocycles. The highest BCUT2D eigenvalue weighted by Gasteiger charge is 2.32. The van der Waals surface area contributed by atoms with Crippen LogP contribution in [0.3, 0.4) is 0 Å². The number of carboxylic acids is 1. The van der Waals surface area contributed by atoms with Gasteiger partial charge in [0.1, 0.15) is 0 Å². The van der Waals surface area contributed by atoms with Crippen molar-refractivity contribution in [2.45, 2.75) is 20.0 Å². The van der Waals surface area contributed by atoms with E-state index in [1.165, 1.54) is 13.8 Å². The van der Waals surface area contributed by atoms with Crippen molar-refractivity contribution >= 4 is 11.9 Å². The Hall–Kier alpha value is -1.34. The molecular formula is C7H17N3O4. The van der Waals surface area contributed by atoms with Crippen LogP contribution in [0.5, 0.6) is 0 Å². The van der Waals surface area contributed by atoms with E-state index in [1.54, 1.807) is 0 Å². The Morgan fingerprint density at radius 3 is 1.86 bits per heavy atom. The summed E-state index contributed by atoms with van der Waals surface area (Å²) in [6.45, 7) is 2.61. The number of nitrogens with one attached hydrogen (secondary N) is 1. The van der Waals surface area contributed by atoms with Crippen molar-refractivity contribution in [1.82, 2.24) is 0 Å². The fraction of sp³-hybridized carbons (Fsp3) is 0.714. The van der Waals surface area contributed by atoms with Crippen LogP contribution in [0.15, 0.2) is 0 Å². The van der Waals surface area contributed by atoms with Gasteiger partial charge in [0.2, 0.25) is 0 Å². The third kappa shape index (κ3) is 7.32. The molecule has 8 N–H and O–H groups in total. The molecule has 0 aliphatic rings. The molecule has 7 heteroatoms. The topological polar surface area (TPSA) is 154 Å². The van der Waals surface area contributed by atoms with Gasteiger partial charge in [-0.1, -0.05) is 13.8 Å². The van der Waals surface area contributed by atoms with Gasteiger partial charge in [-0.05, 0) is 0 Å². The zero-order chi connectivity index (χ0) is 11.9. The summed E-state index contributed by atoms with van der Waals surface area (Å²) >= 11 is 0. The van der Waals surface area contributed by atoms with E-state index in [1.807, 2.05) is 0 Å². The summed E-state index contributed by atoms with van der Waals surface area (Å²) in [6, 6.07) is 0. The van der Waals surface area contributed by atoms with Crippen molar-refractivity contribution in [3.63, 3.8) is 0 Å². The average molecular weight is 207 g/mol. The summed E-state index contributed by atoms with van der Waals surface area (Å²) in [5.41, 5.74) is 7.98. The summed E-state index contributed by atoms with van der Waals surface area (Å²) in [6.07, 6.45) is -1.50. The van der Waals surface area contributed by atoms with Crippen LogP contribution in [0.1, 0.15) is 13.8 Å². The summed E-state index contributed by atoms with van der Waals surface area (Å²) in [4.78, 5) is 10.1. The van der Waals surface area contributed by atoms with Gasteiger partial charge >= 0.3 is 5.97 Å². The number of nitrogens with two attached hydrogens (primary N) is 2. The van der Waals surface area contributed by atoms with Crippen LogP contribution in [-0.2, 0) is 4.79 Å². The second kappa shape index (κ2) is 6.17. The molecule has 0 amide bonds. The van der Waals surface area contributed by atoms with E-state index in [0.717, 1.165) is 0 Å². The van der Waals surface area contributed by atoms with Gasteiger partial charge in [-0.3, -0.25) is 5.41 Å². The van der Waals surface area contributed by atoms with Crippen LogP contribution in [0, 0.1) is 10.8 Å². The first-order valence-corrected chi connectivity index (χ1v) is 3.76. The van der Waals surface area contributed by atoms with Crippen molar-refractivity contribution in [3.8, 4) is 0 Å². The van der Waals surface area contributed by atoms with Crippen LogP contribution in [0.25, 0.3) is 0 Å². The largest absolute Gasteiger partial charge is 0.479 e. The van der Waals surface area contributed by atoms with Gasteiger partial charge in [-0.25, -0.2) is 4.79 Å². The smallest absolute Gasteiger partial charge is 0.333 e. The Morgan fingerprint density at radius 2 is 1.79 bits per heavy atom. The summed E-state index contributed by atoms with van der Waals surface area (Å²) in [5.74, 6) is -1.64. The minimum atomic E-state index is -1.50. The van der Waals surface area contributed by atoms with Crippen molar-refractivity contribution in [3.05, 3.63) is 0 Å². The van der Waals surface area contributed by atoms with Gasteiger partial charge in [0.05, 0.1) is 6.61 Å². The number of aliphatic carboxylic acids is 1. The molecule has 0 radical (unpaired) electrons. The fourth-order valence-electron chi connectivity index (χ4n) is 0.421.